The molecule has 0 saturated carbocycles. The molecule has 2 aromatic rings. The van der Waals surface area contributed by atoms with Gasteiger partial charge in [-0.2, -0.15) is 0 Å². The first kappa shape index (κ1) is 12.2. The van der Waals surface area contributed by atoms with Crippen molar-refractivity contribution < 1.29 is 0 Å². The molecule has 3 nitrogen and oxygen atoms in total. The van der Waals surface area contributed by atoms with Gasteiger partial charge >= 0.3 is 0 Å². The number of hydrogen-bond donors (Lipinski definition) is 1. The lowest BCUT2D eigenvalue weighted by molar-refractivity contribution is 1.07. The molecule has 2 rings (SSSR count). The predicted octanol–water partition coefficient (Wildman–Crippen LogP) is 3.83. The maximum Gasteiger partial charge on any atom is 0.138 e. The Bertz CT molecular complexity index is 503. The molecule has 0 fully saturated rings. The molecule has 0 unspecified atom stereocenters. The van der Waals surface area contributed by atoms with Gasteiger partial charge in [0, 0.05) is 32.3 Å². The summed E-state index contributed by atoms with van der Waals surface area (Å²) in [5, 5.41) is 3.95. The summed E-state index contributed by atoms with van der Waals surface area (Å²) in [6, 6.07) is 5.76. The predicted molar refractivity (Wildman–Crippen MR) is 73.0 cm³/mol. The van der Waals surface area contributed by atoms with E-state index in [2.05, 4.69) is 25.5 Å². The third-order valence-electron chi connectivity index (χ3n) is 1.85. The molecule has 2 N–H and O–H groups in total. The topological polar surface area (TPSA) is 51.8 Å². The van der Waals surface area contributed by atoms with Gasteiger partial charge in [0.15, 0.2) is 0 Å². The van der Waals surface area contributed by atoms with E-state index in [4.69, 9.17) is 17.3 Å². The number of nitrogen functional groups attached to an aromatic ring is 1. The molecule has 0 aliphatic heterocycles. The third-order valence-corrected chi connectivity index (χ3v) is 4.41. The van der Waals surface area contributed by atoms with E-state index in [1.165, 1.54) is 11.5 Å². The summed E-state index contributed by atoms with van der Waals surface area (Å²) < 4.78 is 5.43. The molecule has 1 aromatic carbocycles. The van der Waals surface area contributed by atoms with E-state index in [0.29, 0.717) is 10.1 Å². The Balaban J connectivity index is 2.10. The third kappa shape index (κ3) is 2.88. The van der Waals surface area contributed by atoms with Crippen LogP contribution in [0.2, 0.25) is 4.34 Å². The minimum atomic E-state index is 0.640. The summed E-state index contributed by atoms with van der Waals surface area (Å²) in [4.78, 5) is 1.01. The van der Waals surface area contributed by atoms with Crippen molar-refractivity contribution in [2.45, 2.75) is 10.6 Å². The highest BCUT2D eigenvalue weighted by Gasteiger charge is 2.07. The van der Waals surface area contributed by atoms with Gasteiger partial charge in [-0.3, -0.25) is 0 Å². The van der Waals surface area contributed by atoms with E-state index >= 15 is 0 Å². The smallest absolute Gasteiger partial charge is 0.138 e. The van der Waals surface area contributed by atoms with Gasteiger partial charge in [-0.1, -0.05) is 32.0 Å². The molecule has 0 atom stereocenters. The lowest BCUT2D eigenvalue weighted by Crippen LogP contribution is -1.89. The Morgan fingerprint density at radius 2 is 2.31 bits per heavy atom. The fraction of sp³-hybridized carbons (Fsp3) is 0.111. The second-order valence-electron chi connectivity index (χ2n) is 2.96. The van der Waals surface area contributed by atoms with Gasteiger partial charge in [-0.15, -0.1) is 16.9 Å². The van der Waals surface area contributed by atoms with Crippen LogP contribution < -0.4 is 5.73 Å². The highest BCUT2D eigenvalue weighted by atomic mass is 79.9. The number of aromatic nitrogens is 2. The molecule has 7 heteroatoms. The second-order valence-corrected chi connectivity index (χ2v) is 6.25. The SMILES string of the molecule is Nc1ccc(Br)cc1SCc1nnsc1Cl. The molecule has 0 amide bonds. The first-order valence-corrected chi connectivity index (χ1v) is 7.24. The first-order valence-electron chi connectivity index (χ1n) is 4.31. The van der Waals surface area contributed by atoms with Crippen LogP contribution in [0.5, 0.6) is 0 Å². The van der Waals surface area contributed by atoms with Crippen LogP contribution in [0.15, 0.2) is 27.6 Å². The van der Waals surface area contributed by atoms with Crippen molar-refractivity contribution in [2.24, 2.45) is 0 Å². The van der Waals surface area contributed by atoms with Crippen molar-refractivity contribution in [3.05, 3.63) is 32.7 Å². The van der Waals surface area contributed by atoms with Crippen molar-refractivity contribution in [1.82, 2.24) is 9.59 Å². The maximum atomic E-state index is 5.92. The Kier molecular flexibility index (Phi) is 4.07. The highest BCUT2D eigenvalue weighted by Crippen LogP contribution is 2.32. The summed E-state index contributed by atoms with van der Waals surface area (Å²) in [5.74, 6) is 0.677. The molecule has 0 aliphatic carbocycles. The molecular formula is C9H7BrClN3S2. The minimum Gasteiger partial charge on any atom is -0.398 e. The Hall–Kier alpha value is -0.300. The number of halogens is 2. The van der Waals surface area contributed by atoms with Crippen LogP contribution >= 0.6 is 50.8 Å². The number of thioether (sulfide) groups is 1. The van der Waals surface area contributed by atoms with Crippen LogP contribution in [0.25, 0.3) is 0 Å². The van der Waals surface area contributed by atoms with Crippen molar-refractivity contribution in [3.8, 4) is 0 Å². The Morgan fingerprint density at radius 1 is 1.50 bits per heavy atom. The van der Waals surface area contributed by atoms with E-state index in [9.17, 15) is 0 Å². The van der Waals surface area contributed by atoms with Crippen molar-refractivity contribution >= 4 is 56.5 Å². The van der Waals surface area contributed by atoms with Gasteiger partial charge in [-0.25, -0.2) is 0 Å². The number of benzene rings is 1. The number of rotatable bonds is 3. The molecule has 0 saturated heterocycles. The van der Waals surface area contributed by atoms with Crippen LogP contribution in [-0.2, 0) is 5.75 Å². The summed E-state index contributed by atoms with van der Waals surface area (Å²) in [6.07, 6.45) is 0. The standard InChI is InChI=1S/C9H7BrClN3S2/c10-5-1-2-6(12)8(3-5)15-4-7-9(11)16-14-13-7/h1-3H,4,12H2. The zero-order chi connectivity index (χ0) is 11.5. The summed E-state index contributed by atoms with van der Waals surface area (Å²) >= 11 is 12.1. The summed E-state index contributed by atoms with van der Waals surface area (Å²) in [6.45, 7) is 0. The zero-order valence-electron chi connectivity index (χ0n) is 7.98. The largest absolute Gasteiger partial charge is 0.398 e. The number of anilines is 1. The zero-order valence-corrected chi connectivity index (χ0v) is 12.0. The lowest BCUT2D eigenvalue weighted by atomic mass is 10.3. The normalized spacial score (nSPS) is 10.6. The molecule has 0 bridgehead atoms. The molecule has 1 aromatic heterocycles. The molecule has 0 spiro atoms. The molecular weight excluding hydrogens is 330 g/mol. The van der Waals surface area contributed by atoms with Gasteiger partial charge in [-0.05, 0) is 18.2 Å². The van der Waals surface area contributed by atoms with E-state index in [1.54, 1.807) is 11.8 Å². The number of nitrogens with two attached hydrogens (primary N) is 1. The highest BCUT2D eigenvalue weighted by molar-refractivity contribution is 9.10. The molecule has 0 radical (unpaired) electrons. The van der Waals surface area contributed by atoms with Crippen molar-refractivity contribution in [3.63, 3.8) is 0 Å². The van der Waals surface area contributed by atoms with E-state index < -0.39 is 0 Å². The number of nitrogens with zero attached hydrogens (tertiary/aromatic N) is 2. The van der Waals surface area contributed by atoms with Gasteiger partial charge in [0.05, 0.1) is 0 Å². The Morgan fingerprint density at radius 3 is 3.00 bits per heavy atom. The number of hydrogen-bond acceptors (Lipinski definition) is 5. The molecule has 16 heavy (non-hydrogen) atoms. The average molecular weight is 337 g/mol. The monoisotopic (exact) mass is 335 g/mol. The van der Waals surface area contributed by atoms with Crippen molar-refractivity contribution in [2.75, 3.05) is 5.73 Å². The first-order chi connectivity index (χ1) is 7.66. The quantitative estimate of drug-likeness (QED) is 0.683. The fourth-order valence-corrected chi connectivity index (χ4v) is 3.31. The summed E-state index contributed by atoms with van der Waals surface area (Å²) in [7, 11) is 0. The van der Waals surface area contributed by atoms with Crippen LogP contribution in [0.4, 0.5) is 5.69 Å². The van der Waals surface area contributed by atoms with Crippen molar-refractivity contribution in [1.29, 1.82) is 0 Å². The van der Waals surface area contributed by atoms with Gasteiger partial charge in [0.2, 0.25) is 0 Å². The van der Waals surface area contributed by atoms with E-state index in [-0.39, 0.29) is 0 Å². The Labute approximate surface area is 115 Å². The molecule has 1 heterocycles. The van der Waals surface area contributed by atoms with Crippen LogP contribution in [-0.4, -0.2) is 9.59 Å². The van der Waals surface area contributed by atoms with Gasteiger partial charge in [0.1, 0.15) is 10.0 Å². The van der Waals surface area contributed by atoms with Crippen LogP contribution in [0.1, 0.15) is 5.69 Å². The molecule has 0 aliphatic rings. The lowest BCUT2D eigenvalue weighted by Gasteiger charge is -2.04. The van der Waals surface area contributed by atoms with E-state index in [0.717, 1.165) is 20.7 Å². The van der Waals surface area contributed by atoms with Crippen LogP contribution in [0, 0.1) is 0 Å². The van der Waals surface area contributed by atoms with Gasteiger partial charge < -0.3 is 5.73 Å². The molecule has 84 valence electrons. The fourth-order valence-electron chi connectivity index (χ4n) is 1.06. The van der Waals surface area contributed by atoms with Crippen LogP contribution in [0.3, 0.4) is 0 Å². The second kappa shape index (κ2) is 5.35. The average Bonchev–Trinajstić information content (AvgIpc) is 2.66. The maximum absolute atomic E-state index is 5.92. The minimum absolute atomic E-state index is 0.640. The summed E-state index contributed by atoms with van der Waals surface area (Å²) in [5.41, 5.74) is 7.42. The van der Waals surface area contributed by atoms with Gasteiger partial charge in [0.25, 0.3) is 0 Å². The van der Waals surface area contributed by atoms with E-state index in [1.807, 2.05) is 18.2 Å².